The number of alkyl halides is 3. The summed E-state index contributed by atoms with van der Waals surface area (Å²) in [5.74, 6) is -0.0923. The first kappa shape index (κ1) is 27.1. The number of halogens is 4. The smallest absolute Gasteiger partial charge is 0.378 e. The molecule has 1 saturated carbocycles. The predicted molar refractivity (Wildman–Crippen MR) is 129 cm³/mol. The van der Waals surface area contributed by atoms with Crippen LogP contribution in [0.5, 0.6) is 0 Å². The number of carbonyl (C=O) groups is 2. The zero-order valence-electron chi connectivity index (χ0n) is 20.4. The van der Waals surface area contributed by atoms with Gasteiger partial charge in [-0.25, -0.2) is 4.39 Å². The molecule has 6 nitrogen and oxygen atoms in total. The van der Waals surface area contributed by atoms with Crippen molar-refractivity contribution < 1.29 is 31.9 Å². The highest BCUT2D eigenvalue weighted by atomic mass is 19.4. The van der Waals surface area contributed by atoms with Gasteiger partial charge in [0, 0.05) is 25.2 Å². The molecule has 2 fully saturated rings. The Balaban J connectivity index is 1.28. The molecule has 3 atom stereocenters. The second-order valence-electron chi connectivity index (χ2n) is 9.54. The molecule has 0 bridgehead atoms. The van der Waals surface area contributed by atoms with Crippen molar-refractivity contribution >= 4 is 11.8 Å². The number of hydrogen-bond acceptors (Lipinski definition) is 4. The van der Waals surface area contributed by atoms with Crippen LogP contribution in [0, 0.1) is 11.7 Å². The lowest BCUT2D eigenvalue weighted by atomic mass is 10.1. The molecule has 37 heavy (non-hydrogen) atoms. The highest BCUT2D eigenvalue weighted by molar-refractivity contribution is 5.97. The van der Waals surface area contributed by atoms with Crippen LogP contribution in [0.3, 0.4) is 0 Å². The van der Waals surface area contributed by atoms with E-state index in [0.29, 0.717) is 44.7 Å². The van der Waals surface area contributed by atoms with Crippen molar-refractivity contribution in [2.45, 2.75) is 37.4 Å². The molecule has 1 unspecified atom stereocenters. The number of carbonyl (C=O) groups excluding carboxylic acids is 2. The lowest BCUT2D eigenvalue weighted by molar-refractivity contribution is -0.138. The first-order valence-electron chi connectivity index (χ1n) is 12.5. The maximum atomic E-state index is 13.1. The minimum atomic E-state index is -4.49. The Morgan fingerprint density at radius 3 is 2.35 bits per heavy atom. The number of hydrogen-bond donors (Lipinski definition) is 2. The number of nitrogens with one attached hydrogen (secondary N) is 2. The quantitative estimate of drug-likeness (QED) is 0.367. The first-order chi connectivity index (χ1) is 17.7. The SMILES string of the molecule is O=C(N[C@@H](CNCCCC1C[C@H]1c1ccc(F)cc1)C(=O)N1CCOCC1)c1ccc(C(F)(F)F)cc1. The fraction of sp³-hybridized carbons (Fsp3) is 0.481. The molecular formula is C27H31F4N3O3. The van der Waals surface area contributed by atoms with E-state index >= 15 is 0 Å². The second-order valence-corrected chi connectivity index (χ2v) is 9.54. The predicted octanol–water partition coefficient (Wildman–Crippen LogP) is 3.98. The van der Waals surface area contributed by atoms with E-state index < -0.39 is 23.7 Å². The molecule has 2 N–H and O–H groups in total. The minimum absolute atomic E-state index is 0.0494. The van der Waals surface area contributed by atoms with Crippen LogP contribution in [-0.2, 0) is 15.7 Å². The zero-order chi connectivity index (χ0) is 26.4. The fourth-order valence-corrected chi connectivity index (χ4v) is 4.68. The van der Waals surface area contributed by atoms with Crippen LogP contribution in [0.25, 0.3) is 0 Å². The Bertz CT molecular complexity index is 1050. The van der Waals surface area contributed by atoms with Crippen LogP contribution in [-0.4, -0.2) is 62.1 Å². The maximum absolute atomic E-state index is 13.1. The lowest BCUT2D eigenvalue weighted by Gasteiger charge is -2.31. The molecule has 2 amide bonds. The third-order valence-electron chi connectivity index (χ3n) is 6.90. The highest BCUT2D eigenvalue weighted by Crippen LogP contribution is 2.49. The topological polar surface area (TPSA) is 70.7 Å². The van der Waals surface area contributed by atoms with E-state index in [0.717, 1.165) is 49.1 Å². The Morgan fingerprint density at radius 1 is 1.03 bits per heavy atom. The fourth-order valence-electron chi connectivity index (χ4n) is 4.68. The van der Waals surface area contributed by atoms with Gasteiger partial charge in [0.1, 0.15) is 11.9 Å². The van der Waals surface area contributed by atoms with Gasteiger partial charge in [-0.3, -0.25) is 9.59 Å². The Morgan fingerprint density at radius 2 is 1.70 bits per heavy atom. The van der Waals surface area contributed by atoms with Gasteiger partial charge in [-0.05, 0) is 79.6 Å². The average Bonchev–Trinajstić information content (AvgIpc) is 3.67. The average molecular weight is 522 g/mol. The molecule has 0 radical (unpaired) electrons. The molecule has 1 heterocycles. The van der Waals surface area contributed by atoms with Crippen LogP contribution in [0.4, 0.5) is 17.6 Å². The number of morpholine rings is 1. The molecule has 1 saturated heterocycles. The van der Waals surface area contributed by atoms with Crippen LogP contribution >= 0.6 is 0 Å². The van der Waals surface area contributed by atoms with Crippen molar-refractivity contribution in [3.63, 3.8) is 0 Å². The van der Waals surface area contributed by atoms with Gasteiger partial charge < -0.3 is 20.3 Å². The van der Waals surface area contributed by atoms with E-state index in [1.807, 2.05) is 12.1 Å². The summed E-state index contributed by atoms with van der Waals surface area (Å²) in [5.41, 5.74) is 0.360. The van der Waals surface area contributed by atoms with Crippen molar-refractivity contribution in [1.82, 2.24) is 15.5 Å². The summed E-state index contributed by atoms with van der Waals surface area (Å²) in [5, 5.41) is 5.93. The molecule has 0 spiro atoms. The van der Waals surface area contributed by atoms with E-state index in [9.17, 15) is 27.2 Å². The summed E-state index contributed by atoms with van der Waals surface area (Å²) in [7, 11) is 0. The van der Waals surface area contributed by atoms with Crippen molar-refractivity contribution in [1.29, 1.82) is 0 Å². The van der Waals surface area contributed by atoms with Gasteiger partial charge in [-0.1, -0.05) is 12.1 Å². The van der Waals surface area contributed by atoms with E-state index in [1.54, 1.807) is 4.90 Å². The molecule has 1 aliphatic carbocycles. The van der Waals surface area contributed by atoms with E-state index in [1.165, 1.54) is 12.1 Å². The Labute approximate surface area is 213 Å². The van der Waals surface area contributed by atoms with Gasteiger partial charge in [-0.2, -0.15) is 13.2 Å². The summed E-state index contributed by atoms with van der Waals surface area (Å²) in [6.07, 6.45) is -1.54. The monoisotopic (exact) mass is 521 g/mol. The molecule has 4 rings (SSSR count). The largest absolute Gasteiger partial charge is 0.416 e. The second kappa shape index (κ2) is 12.0. The third-order valence-corrected chi connectivity index (χ3v) is 6.90. The van der Waals surface area contributed by atoms with Crippen molar-refractivity contribution in [3.8, 4) is 0 Å². The number of nitrogens with zero attached hydrogens (tertiary/aromatic N) is 1. The maximum Gasteiger partial charge on any atom is 0.416 e. The van der Waals surface area contributed by atoms with Crippen LogP contribution in [0.15, 0.2) is 48.5 Å². The van der Waals surface area contributed by atoms with Gasteiger partial charge in [0.2, 0.25) is 5.91 Å². The highest BCUT2D eigenvalue weighted by Gasteiger charge is 2.37. The molecule has 10 heteroatoms. The van der Waals surface area contributed by atoms with Crippen molar-refractivity contribution in [2.24, 2.45) is 5.92 Å². The minimum Gasteiger partial charge on any atom is -0.378 e. The lowest BCUT2D eigenvalue weighted by Crippen LogP contribution is -2.55. The van der Waals surface area contributed by atoms with Crippen molar-refractivity contribution in [3.05, 3.63) is 71.0 Å². The molecular weight excluding hydrogens is 490 g/mol. The van der Waals surface area contributed by atoms with Crippen molar-refractivity contribution in [2.75, 3.05) is 39.4 Å². The van der Waals surface area contributed by atoms with Gasteiger partial charge in [0.25, 0.3) is 5.91 Å². The standard InChI is InChI=1S/C27H31F4N3O3/c28-22-9-5-18(6-10-22)23-16-20(23)2-1-11-32-17-24(26(36)34-12-14-37-15-13-34)33-25(35)19-3-7-21(8-4-19)27(29,30)31/h3-10,20,23-24,32H,1-2,11-17H2,(H,33,35)/t20?,23-,24-/m0/s1. The Kier molecular flexibility index (Phi) is 8.81. The molecule has 0 aromatic heterocycles. The van der Waals surface area contributed by atoms with Gasteiger partial charge in [0.05, 0.1) is 18.8 Å². The normalized spacial score (nSPS) is 20.4. The third kappa shape index (κ3) is 7.52. The van der Waals surface area contributed by atoms with Gasteiger partial charge in [0.15, 0.2) is 0 Å². The number of amides is 2. The summed E-state index contributed by atoms with van der Waals surface area (Å²) in [6, 6.07) is 9.68. The first-order valence-corrected chi connectivity index (χ1v) is 12.5. The van der Waals surface area contributed by atoms with E-state index in [4.69, 9.17) is 4.74 Å². The van der Waals surface area contributed by atoms with E-state index in [-0.39, 0.29) is 23.8 Å². The molecule has 2 aliphatic rings. The zero-order valence-corrected chi connectivity index (χ0v) is 20.4. The molecule has 2 aromatic carbocycles. The summed E-state index contributed by atoms with van der Waals surface area (Å²) in [4.78, 5) is 27.5. The molecule has 200 valence electrons. The molecule has 2 aromatic rings. The number of rotatable bonds is 10. The van der Waals surface area contributed by atoms with E-state index in [2.05, 4.69) is 10.6 Å². The Hall–Kier alpha value is -2.98. The van der Waals surface area contributed by atoms with Crippen LogP contribution in [0.2, 0.25) is 0 Å². The number of benzene rings is 2. The van der Waals surface area contributed by atoms with Crippen LogP contribution < -0.4 is 10.6 Å². The number of ether oxygens (including phenoxy) is 1. The van der Waals surface area contributed by atoms with Crippen LogP contribution in [0.1, 0.15) is 46.7 Å². The molecule has 1 aliphatic heterocycles. The summed E-state index contributed by atoms with van der Waals surface area (Å²) in [6.45, 7) is 2.50. The van der Waals surface area contributed by atoms with Gasteiger partial charge >= 0.3 is 6.18 Å². The summed E-state index contributed by atoms with van der Waals surface area (Å²) < 4.78 is 56.9. The van der Waals surface area contributed by atoms with Gasteiger partial charge in [-0.15, -0.1) is 0 Å². The summed E-state index contributed by atoms with van der Waals surface area (Å²) >= 11 is 0.